The van der Waals surface area contributed by atoms with E-state index in [1.807, 2.05) is 0 Å². The Hall–Kier alpha value is -1.93. The van der Waals surface area contributed by atoms with Crippen LogP contribution in [-0.4, -0.2) is 8.80 Å². The molecule has 2 heteroatoms. The molecule has 0 radical (unpaired) electrons. The first-order chi connectivity index (χ1) is 18.1. The Morgan fingerprint density at radius 1 is 0.650 bits per heavy atom. The van der Waals surface area contributed by atoms with E-state index in [4.69, 9.17) is 0 Å². The molecular formula is C38H50SiTi. The number of hydrogen-bond acceptors (Lipinski definition) is 0. The summed E-state index contributed by atoms with van der Waals surface area (Å²) in [5.41, 5.74) is 10.2. The quantitative estimate of drug-likeness (QED) is 0.214. The molecule has 4 rings (SSSR count). The van der Waals surface area contributed by atoms with E-state index in [0.717, 1.165) is 6.42 Å². The van der Waals surface area contributed by atoms with E-state index in [0.29, 0.717) is 5.92 Å². The van der Waals surface area contributed by atoms with Crippen LogP contribution in [0.5, 0.6) is 0 Å². The summed E-state index contributed by atoms with van der Waals surface area (Å²) < 4.78 is 0. The summed E-state index contributed by atoms with van der Waals surface area (Å²) in [5.74, 6) is 0.566. The minimum Gasteiger partial charge on any atom is -0.273 e. The molecule has 0 N–H and O–H groups in total. The van der Waals surface area contributed by atoms with E-state index in [2.05, 4.69) is 156 Å². The van der Waals surface area contributed by atoms with Crippen LogP contribution in [0.1, 0.15) is 95.2 Å². The summed E-state index contributed by atoms with van der Waals surface area (Å²) in [6.45, 7) is 26.9. The summed E-state index contributed by atoms with van der Waals surface area (Å²) >= 11 is 0. The van der Waals surface area contributed by atoms with Gasteiger partial charge in [-0.15, -0.1) is 6.42 Å². The van der Waals surface area contributed by atoms with Crippen LogP contribution in [-0.2, 0) is 32.5 Å². The second-order valence-electron chi connectivity index (χ2n) is 13.9. The second-order valence-corrected chi connectivity index (χ2v) is 16.7. The SMILES string of the molecule is CC(C)(C)c1c[c-]cc(C(C)(C)C)c1.Cc1cc(C)cc([SiH](C2=[C-]CC=C2C(C)C)c2cc(C)cc(C)c2)c1.[Ti+2]. The Labute approximate surface area is 262 Å². The van der Waals surface area contributed by atoms with Crippen molar-refractivity contribution < 1.29 is 21.7 Å². The second kappa shape index (κ2) is 13.8. The van der Waals surface area contributed by atoms with Gasteiger partial charge in [-0.05, 0) is 27.7 Å². The zero-order valence-corrected chi connectivity index (χ0v) is 29.9. The molecule has 0 amide bonds. The first-order valence-corrected chi connectivity index (χ1v) is 16.3. The summed E-state index contributed by atoms with van der Waals surface area (Å²) in [5, 5.41) is 4.57. The van der Waals surface area contributed by atoms with Crippen molar-refractivity contribution in [2.75, 3.05) is 0 Å². The number of aryl methyl sites for hydroxylation is 4. The first kappa shape index (κ1) is 34.3. The van der Waals surface area contributed by atoms with Gasteiger partial charge in [0.05, 0.1) is 8.80 Å². The fourth-order valence-corrected chi connectivity index (χ4v) is 9.39. The molecule has 0 saturated carbocycles. The molecule has 0 fully saturated rings. The Morgan fingerprint density at radius 3 is 1.40 bits per heavy atom. The molecule has 0 aromatic heterocycles. The molecule has 3 aromatic rings. The zero-order chi connectivity index (χ0) is 29.1. The predicted octanol–water partition coefficient (Wildman–Crippen LogP) is 8.60. The standard InChI is InChI=1S/C24H29Si.C14H21.Ti/c1-16(2)23-8-7-9-24(23)25(21-12-17(3)10-18(4)13-21)22-14-19(5)11-20(6)15-22;1-13(2,3)11-8-7-9-12(10-11)14(4,5)6;/h8,10-16,25H,7H2,1-6H3;8-10H,1-6H3;/q2*-1;+2. The largest absolute Gasteiger partial charge is 2.00 e. The van der Waals surface area contributed by atoms with Gasteiger partial charge in [0, 0.05) is 0 Å². The third-order valence-corrected chi connectivity index (χ3v) is 10.6. The fourth-order valence-electron chi connectivity index (χ4n) is 5.52. The molecule has 3 aromatic carbocycles. The van der Waals surface area contributed by atoms with Gasteiger partial charge < -0.3 is 0 Å². The Kier molecular flexibility index (Phi) is 11.8. The Morgan fingerprint density at radius 2 is 1.05 bits per heavy atom. The molecule has 1 aliphatic rings. The van der Waals surface area contributed by atoms with Crippen molar-refractivity contribution in [1.29, 1.82) is 0 Å². The summed E-state index contributed by atoms with van der Waals surface area (Å²) in [6, 6.07) is 23.9. The van der Waals surface area contributed by atoms with Gasteiger partial charge in [-0.3, -0.25) is 6.08 Å². The number of benzene rings is 3. The van der Waals surface area contributed by atoms with Crippen LogP contribution < -0.4 is 10.4 Å². The smallest absolute Gasteiger partial charge is 0.273 e. The topological polar surface area (TPSA) is 0 Å². The van der Waals surface area contributed by atoms with Crippen molar-refractivity contribution in [3.8, 4) is 0 Å². The van der Waals surface area contributed by atoms with Gasteiger partial charge in [0.1, 0.15) is 0 Å². The zero-order valence-electron chi connectivity index (χ0n) is 27.1. The van der Waals surface area contributed by atoms with Gasteiger partial charge in [0.15, 0.2) is 0 Å². The maximum atomic E-state index is 3.75. The van der Waals surface area contributed by atoms with Crippen molar-refractivity contribution in [1.82, 2.24) is 0 Å². The van der Waals surface area contributed by atoms with Crippen LogP contribution in [0.3, 0.4) is 0 Å². The normalized spacial score (nSPS) is 13.4. The van der Waals surface area contributed by atoms with Gasteiger partial charge in [-0.25, -0.2) is 5.20 Å². The third kappa shape index (κ3) is 9.04. The van der Waals surface area contributed by atoms with E-state index in [1.165, 1.54) is 54.5 Å². The minimum atomic E-state index is -1.49. The van der Waals surface area contributed by atoms with Gasteiger partial charge in [0.25, 0.3) is 0 Å². The average molecular weight is 583 g/mol. The van der Waals surface area contributed by atoms with Gasteiger partial charge in [-0.1, -0.05) is 141 Å². The maximum absolute atomic E-state index is 3.75. The maximum Gasteiger partial charge on any atom is 2.00 e. The Balaban J connectivity index is 0.000000320. The van der Waals surface area contributed by atoms with E-state index >= 15 is 0 Å². The Bertz CT molecular complexity index is 1240. The molecule has 0 heterocycles. The number of allylic oxidation sites excluding steroid dienone is 4. The van der Waals surface area contributed by atoms with Crippen LogP contribution in [0.15, 0.2) is 71.4 Å². The first-order valence-electron chi connectivity index (χ1n) is 14.6. The number of hydrogen-bond donors (Lipinski definition) is 0. The summed E-state index contributed by atoms with van der Waals surface area (Å²) in [4.78, 5) is 0. The van der Waals surface area contributed by atoms with Crippen LogP contribution >= 0.6 is 0 Å². The summed E-state index contributed by atoms with van der Waals surface area (Å²) in [6.07, 6.45) is 7.12. The predicted molar refractivity (Wildman–Crippen MR) is 175 cm³/mol. The molecule has 0 saturated heterocycles. The number of rotatable bonds is 4. The molecule has 0 unspecified atom stereocenters. The van der Waals surface area contributed by atoms with E-state index in [1.54, 1.807) is 0 Å². The van der Waals surface area contributed by atoms with Gasteiger partial charge in [-0.2, -0.15) is 47.0 Å². The van der Waals surface area contributed by atoms with Crippen molar-refractivity contribution in [2.45, 2.75) is 100 Å². The van der Waals surface area contributed by atoms with Gasteiger partial charge in [0.2, 0.25) is 0 Å². The molecule has 40 heavy (non-hydrogen) atoms. The molecule has 210 valence electrons. The minimum absolute atomic E-state index is 0. The van der Waals surface area contributed by atoms with Crippen molar-refractivity contribution in [3.63, 3.8) is 0 Å². The molecule has 0 atom stereocenters. The average Bonchev–Trinajstić information content (AvgIpc) is 3.27. The van der Waals surface area contributed by atoms with Gasteiger partial charge >= 0.3 is 21.7 Å². The van der Waals surface area contributed by atoms with Crippen LogP contribution in [0.25, 0.3) is 0 Å². The van der Waals surface area contributed by atoms with Crippen LogP contribution in [0, 0.1) is 45.8 Å². The fraction of sp³-hybridized carbons (Fsp3) is 0.421. The van der Waals surface area contributed by atoms with E-state index < -0.39 is 8.80 Å². The molecule has 0 aliphatic heterocycles. The monoisotopic (exact) mass is 582 g/mol. The van der Waals surface area contributed by atoms with Crippen molar-refractivity contribution in [3.05, 3.63) is 117 Å². The molecule has 1 aliphatic carbocycles. The van der Waals surface area contributed by atoms with E-state index in [-0.39, 0.29) is 32.5 Å². The van der Waals surface area contributed by atoms with Crippen LogP contribution in [0.2, 0.25) is 0 Å². The van der Waals surface area contributed by atoms with Crippen molar-refractivity contribution >= 4 is 19.2 Å². The van der Waals surface area contributed by atoms with Crippen LogP contribution in [0.4, 0.5) is 0 Å². The summed E-state index contributed by atoms with van der Waals surface area (Å²) in [7, 11) is -1.49. The van der Waals surface area contributed by atoms with Crippen molar-refractivity contribution in [2.24, 2.45) is 5.92 Å². The third-order valence-electron chi connectivity index (χ3n) is 7.51. The molecule has 0 bridgehead atoms. The molecular weight excluding hydrogens is 532 g/mol. The molecule has 0 nitrogen and oxygen atoms in total. The molecule has 0 spiro atoms. The van der Waals surface area contributed by atoms with E-state index in [9.17, 15) is 0 Å².